The van der Waals surface area contributed by atoms with Crippen molar-refractivity contribution in [1.82, 2.24) is 0 Å². The maximum absolute atomic E-state index is 13.1. The molecule has 1 aromatic heterocycles. The maximum Gasteiger partial charge on any atom is 0.196 e. The van der Waals surface area contributed by atoms with Gasteiger partial charge in [-0.3, -0.25) is 4.79 Å². The monoisotopic (exact) mass is 390 g/mol. The third-order valence-electron chi connectivity index (χ3n) is 4.22. The van der Waals surface area contributed by atoms with Crippen molar-refractivity contribution in [2.45, 2.75) is 6.42 Å². The molecule has 4 aromatic rings. The Kier molecular flexibility index (Phi) is 4.24. The molecule has 0 spiro atoms. The number of benzene rings is 3. The van der Waals surface area contributed by atoms with E-state index in [1.165, 1.54) is 0 Å². The van der Waals surface area contributed by atoms with Crippen LogP contribution in [0.15, 0.2) is 92.5 Å². The number of halogens is 1. The van der Waals surface area contributed by atoms with Gasteiger partial charge in [0.25, 0.3) is 0 Å². The van der Waals surface area contributed by atoms with E-state index in [0.717, 1.165) is 15.6 Å². The van der Waals surface area contributed by atoms with Crippen LogP contribution >= 0.6 is 15.9 Å². The van der Waals surface area contributed by atoms with Crippen LogP contribution in [-0.2, 0) is 6.42 Å². The van der Waals surface area contributed by atoms with Crippen LogP contribution in [0, 0.1) is 0 Å². The van der Waals surface area contributed by atoms with Gasteiger partial charge < -0.3 is 4.42 Å². The first-order chi connectivity index (χ1) is 12.2. The van der Waals surface area contributed by atoms with E-state index in [1.807, 2.05) is 78.9 Å². The zero-order chi connectivity index (χ0) is 17.2. The number of hydrogen-bond donors (Lipinski definition) is 0. The zero-order valence-electron chi connectivity index (χ0n) is 13.4. The molecule has 0 atom stereocenters. The van der Waals surface area contributed by atoms with Crippen molar-refractivity contribution in [3.05, 3.63) is 105 Å². The van der Waals surface area contributed by atoms with E-state index in [1.54, 1.807) is 0 Å². The highest BCUT2D eigenvalue weighted by molar-refractivity contribution is 9.10. The van der Waals surface area contributed by atoms with Gasteiger partial charge in [0.2, 0.25) is 0 Å². The predicted molar refractivity (Wildman–Crippen MR) is 105 cm³/mol. The summed E-state index contributed by atoms with van der Waals surface area (Å²) in [7, 11) is 0. The van der Waals surface area contributed by atoms with Crippen molar-refractivity contribution in [3.8, 4) is 11.3 Å². The second-order valence-electron chi connectivity index (χ2n) is 5.90. The van der Waals surface area contributed by atoms with Crippen LogP contribution in [0.25, 0.3) is 22.3 Å². The summed E-state index contributed by atoms with van der Waals surface area (Å²) in [5.74, 6) is 0.646. The Hall–Kier alpha value is -2.65. The van der Waals surface area contributed by atoms with Gasteiger partial charge in [0, 0.05) is 22.0 Å². The summed E-state index contributed by atoms with van der Waals surface area (Å²) < 4.78 is 7.17. The SMILES string of the molecule is O=c1c(Cc2ccc(Br)cc2)c(-c2ccccc2)oc2ccccc12. The molecular weight excluding hydrogens is 376 g/mol. The fourth-order valence-corrected chi connectivity index (χ4v) is 3.23. The van der Waals surface area contributed by atoms with Crippen LogP contribution in [-0.4, -0.2) is 0 Å². The minimum atomic E-state index is 0.0311. The van der Waals surface area contributed by atoms with Crippen molar-refractivity contribution in [3.63, 3.8) is 0 Å². The quantitative estimate of drug-likeness (QED) is 0.441. The van der Waals surface area contributed by atoms with Gasteiger partial charge in [-0.15, -0.1) is 0 Å². The highest BCUT2D eigenvalue weighted by atomic mass is 79.9. The van der Waals surface area contributed by atoms with Gasteiger partial charge in [0.05, 0.1) is 5.39 Å². The molecule has 1 heterocycles. The summed E-state index contributed by atoms with van der Waals surface area (Å²) in [5.41, 5.74) is 3.32. The molecule has 25 heavy (non-hydrogen) atoms. The first-order valence-corrected chi connectivity index (χ1v) is 8.86. The molecule has 0 aliphatic heterocycles. The van der Waals surface area contributed by atoms with E-state index in [2.05, 4.69) is 15.9 Å². The Morgan fingerprint density at radius 2 is 1.48 bits per heavy atom. The molecule has 4 rings (SSSR count). The van der Waals surface area contributed by atoms with Gasteiger partial charge in [-0.1, -0.05) is 70.5 Å². The van der Waals surface area contributed by atoms with Crippen LogP contribution in [0.2, 0.25) is 0 Å². The summed E-state index contributed by atoms with van der Waals surface area (Å²) in [5, 5.41) is 0.620. The normalized spacial score (nSPS) is 10.9. The number of rotatable bonds is 3. The molecule has 0 radical (unpaired) electrons. The van der Waals surface area contributed by atoms with Gasteiger partial charge >= 0.3 is 0 Å². The lowest BCUT2D eigenvalue weighted by atomic mass is 9.98. The van der Waals surface area contributed by atoms with Gasteiger partial charge in [-0.05, 0) is 29.8 Å². The highest BCUT2D eigenvalue weighted by Gasteiger charge is 2.16. The Morgan fingerprint density at radius 1 is 0.800 bits per heavy atom. The molecule has 0 bridgehead atoms. The largest absolute Gasteiger partial charge is 0.456 e. The maximum atomic E-state index is 13.1. The molecule has 3 heteroatoms. The Balaban J connectivity index is 1.95. The molecule has 0 aliphatic rings. The predicted octanol–water partition coefficient (Wildman–Crippen LogP) is 5.81. The van der Waals surface area contributed by atoms with Crippen molar-refractivity contribution >= 4 is 26.9 Å². The summed E-state index contributed by atoms with van der Waals surface area (Å²) in [6.07, 6.45) is 0.532. The first kappa shape index (κ1) is 15.9. The lowest BCUT2D eigenvalue weighted by Gasteiger charge is -2.10. The van der Waals surface area contributed by atoms with E-state index < -0.39 is 0 Å². The van der Waals surface area contributed by atoms with Crippen LogP contribution in [0.5, 0.6) is 0 Å². The molecular formula is C22H15BrO2. The second-order valence-corrected chi connectivity index (χ2v) is 6.82. The summed E-state index contributed by atoms with van der Waals surface area (Å²) in [4.78, 5) is 13.1. The van der Waals surface area contributed by atoms with Crippen LogP contribution in [0.3, 0.4) is 0 Å². The van der Waals surface area contributed by atoms with E-state index in [0.29, 0.717) is 28.7 Å². The van der Waals surface area contributed by atoms with Gasteiger partial charge in [0.1, 0.15) is 11.3 Å². The minimum Gasteiger partial charge on any atom is -0.456 e. The summed E-state index contributed by atoms with van der Waals surface area (Å²) in [6.45, 7) is 0. The molecule has 0 aliphatic carbocycles. The number of para-hydroxylation sites is 1. The lowest BCUT2D eigenvalue weighted by Crippen LogP contribution is -2.11. The highest BCUT2D eigenvalue weighted by Crippen LogP contribution is 2.27. The average Bonchev–Trinajstić information content (AvgIpc) is 2.66. The lowest BCUT2D eigenvalue weighted by molar-refractivity contribution is 0.611. The molecule has 0 N–H and O–H groups in total. The molecule has 0 saturated carbocycles. The Labute approximate surface area is 153 Å². The van der Waals surface area contributed by atoms with Crippen molar-refractivity contribution in [2.24, 2.45) is 0 Å². The molecule has 3 aromatic carbocycles. The molecule has 122 valence electrons. The van der Waals surface area contributed by atoms with Gasteiger partial charge in [-0.25, -0.2) is 0 Å². The molecule has 0 amide bonds. The standard InChI is InChI=1S/C22H15BrO2/c23-17-12-10-15(11-13-17)14-19-21(24)18-8-4-5-9-20(18)25-22(19)16-6-2-1-3-7-16/h1-13H,14H2. The molecule has 0 saturated heterocycles. The topological polar surface area (TPSA) is 30.2 Å². The third kappa shape index (κ3) is 3.15. The molecule has 0 unspecified atom stereocenters. The van der Waals surface area contributed by atoms with E-state index in [9.17, 15) is 4.79 Å². The van der Waals surface area contributed by atoms with E-state index >= 15 is 0 Å². The fourth-order valence-electron chi connectivity index (χ4n) is 2.97. The minimum absolute atomic E-state index is 0.0311. The number of fused-ring (bicyclic) bond motifs is 1. The Morgan fingerprint density at radius 3 is 2.24 bits per heavy atom. The van der Waals surface area contributed by atoms with Crippen LogP contribution in [0.1, 0.15) is 11.1 Å². The van der Waals surface area contributed by atoms with Gasteiger partial charge in [0.15, 0.2) is 5.43 Å². The van der Waals surface area contributed by atoms with E-state index in [4.69, 9.17) is 4.42 Å². The fraction of sp³-hybridized carbons (Fsp3) is 0.0455. The summed E-state index contributed by atoms with van der Waals surface area (Å²) in [6, 6.07) is 25.2. The molecule has 2 nitrogen and oxygen atoms in total. The van der Waals surface area contributed by atoms with Crippen molar-refractivity contribution in [1.29, 1.82) is 0 Å². The first-order valence-electron chi connectivity index (χ1n) is 8.07. The Bertz CT molecular complexity index is 1080. The average molecular weight is 391 g/mol. The second kappa shape index (κ2) is 6.69. The van der Waals surface area contributed by atoms with E-state index in [-0.39, 0.29) is 5.43 Å². The third-order valence-corrected chi connectivity index (χ3v) is 4.75. The smallest absolute Gasteiger partial charge is 0.196 e. The van der Waals surface area contributed by atoms with Crippen LogP contribution in [0.4, 0.5) is 0 Å². The van der Waals surface area contributed by atoms with Crippen molar-refractivity contribution in [2.75, 3.05) is 0 Å². The number of hydrogen-bond acceptors (Lipinski definition) is 2. The van der Waals surface area contributed by atoms with Crippen LogP contribution < -0.4 is 5.43 Å². The molecule has 0 fully saturated rings. The van der Waals surface area contributed by atoms with Crippen molar-refractivity contribution < 1.29 is 4.42 Å². The van der Waals surface area contributed by atoms with Gasteiger partial charge in [-0.2, -0.15) is 0 Å². The zero-order valence-corrected chi connectivity index (χ0v) is 15.0. The summed E-state index contributed by atoms with van der Waals surface area (Å²) >= 11 is 3.45.